The van der Waals surface area contributed by atoms with Crippen molar-refractivity contribution in [3.05, 3.63) is 34.6 Å². The number of benzene rings is 1. The third kappa shape index (κ3) is 5.24. The number of carbonyl (C=O) groups is 3. The second-order valence-corrected chi connectivity index (χ2v) is 7.12. The molecule has 13 heteroatoms. The Bertz CT molecular complexity index is 1060. The number of anilines is 5. The van der Waals surface area contributed by atoms with Crippen molar-refractivity contribution in [1.29, 1.82) is 0 Å². The van der Waals surface area contributed by atoms with Crippen LogP contribution in [0.4, 0.5) is 28.8 Å². The van der Waals surface area contributed by atoms with E-state index in [1.54, 1.807) is 24.3 Å². The molecule has 170 valence electrons. The molecule has 0 aliphatic carbocycles. The van der Waals surface area contributed by atoms with Gasteiger partial charge in [-0.2, -0.15) is 4.98 Å². The number of amides is 1. The number of nitrogens with zero attached hydrogens (tertiary/aromatic N) is 2. The molecule has 0 fully saturated rings. The summed E-state index contributed by atoms with van der Waals surface area (Å²) in [4.78, 5) is 53.3. The zero-order valence-corrected chi connectivity index (χ0v) is 16.9. The van der Waals surface area contributed by atoms with Crippen LogP contribution in [0.15, 0.2) is 29.1 Å². The van der Waals surface area contributed by atoms with Gasteiger partial charge in [-0.3, -0.25) is 19.4 Å². The van der Waals surface area contributed by atoms with Gasteiger partial charge in [-0.05, 0) is 30.7 Å². The number of carboxylic acids is 2. The minimum atomic E-state index is -1.29. The number of aromatic amines is 1. The van der Waals surface area contributed by atoms with Crippen LogP contribution in [0, 0.1) is 0 Å². The second-order valence-electron chi connectivity index (χ2n) is 7.12. The molecule has 2 aromatic rings. The van der Waals surface area contributed by atoms with E-state index in [0.717, 1.165) is 4.90 Å². The van der Waals surface area contributed by atoms with E-state index in [-0.39, 0.29) is 30.4 Å². The van der Waals surface area contributed by atoms with Crippen molar-refractivity contribution in [2.24, 2.45) is 0 Å². The van der Waals surface area contributed by atoms with Crippen molar-refractivity contribution in [1.82, 2.24) is 9.97 Å². The fourth-order valence-electron chi connectivity index (χ4n) is 3.30. The number of carboxylic acid groups (broad SMARTS) is 2. The highest BCUT2D eigenvalue weighted by Crippen LogP contribution is 2.22. The summed E-state index contributed by atoms with van der Waals surface area (Å²) in [5.41, 5.74) is 6.48. The van der Waals surface area contributed by atoms with Crippen LogP contribution in [0.25, 0.3) is 0 Å². The number of fused-ring (bicyclic) bond motifs is 1. The number of carbonyl (C=O) groups excluding carboxylic acids is 1. The molecular formula is C19H23N7O6. The molecule has 3 rings (SSSR count). The molecule has 1 aromatic heterocycles. The highest BCUT2D eigenvalue weighted by atomic mass is 16.4. The average molecular weight is 445 g/mol. The Morgan fingerprint density at radius 3 is 2.66 bits per heavy atom. The highest BCUT2D eigenvalue weighted by molar-refractivity contribution is 5.88. The molecule has 8 N–H and O–H groups in total. The van der Waals surface area contributed by atoms with Crippen molar-refractivity contribution in [2.75, 3.05) is 39.7 Å². The third-order valence-corrected chi connectivity index (χ3v) is 4.89. The summed E-state index contributed by atoms with van der Waals surface area (Å²) in [6, 6.07) is 5.04. The number of H-pyrrole nitrogens is 1. The Balaban J connectivity index is 1.62. The fraction of sp³-hybridized carbons (Fsp3) is 0.316. The molecule has 0 radical (unpaired) electrons. The van der Waals surface area contributed by atoms with E-state index < -0.39 is 18.0 Å². The van der Waals surface area contributed by atoms with E-state index in [1.165, 1.54) is 0 Å². The highest BCUT2D eigenvalue weighted by Gasteiger charge is 2.26. The summed E-state index contributed by atoms with van der Waals surface area (Å²) < 4.78 is 0. The summed E-state index contributed by atoms with van der Waals surface area (Å²) in [6.45, 7) is 0.945. The first-order valence-corrected chi connectivity index (χ1v) is 9.71. The Hall–Kier alpha value is -4.29. The van der Waals surface area contributed by atoms with Gasteiger partial charge in [-0.1, -0.05) is 0 Å². The Labute approximate surface area is 181 Å². The van der Waals surface area contributed by atoms with E-state index in [9.17, 15) is 24.3 Å². The number of hydrogen-bond acceptors (Lipinski definition) is 9. The number of aromatic nitrogens is 2. The van der Waals surface area contributed by atoms with E-state index in [1.807, 2.05) is 0 Å². The molecule has 0 spiro atoms. The standard InChI is InChI=1S/C19H23N7O6/c20-19-24-16-15(17(30)25-19)23-11(8-22-16)7-21-10-1-3-12(4-2-10)26(9-27)13(18(31)32)5-6-14(28)29/h1-4,9,11,13,21,23H,5-8H2,(H,28,29)(H,31,32)(H4,20,22,24,25,30)/t11-,13+/m1/s1. The van der Waals surface area contributed by atoms with Crippen LogP contribution in [0.2, 0.25) is 0 Å². The molecule has 0 bridgehead atoms. The van der Waals surface area contributed by atoms with Crippen LogP contribution in [-0.4, -0.2) is 63.7 Å². The Morgan fingerprint density at radius 1 is 1.31 bits per heavy atom. The number of nitrogens with one attached hydrogen (secondary N) is 4. The molecule has 13 nitrogen and oxygen atoms in total. The van der Waals surface area contributed by atoms with Crippen LogP contribution >= 0.6 is 0 Å². The molecule has 1 aromatic carbocycles. The average Bonchev–Trinajstić information content (AvgIpc) is 2.75. The van der Waals surface area contributed by atoms with Crippen molar-refractivity contribution < 1.29 is 24.6 Å². The first kappa shape index (κ1) is 22.4. The summed E-state index contributed by atoms with van der Waals surface area (Å²) in [5, 5.41) is 27.5. The largest absolute Gasteiger partial charge is 0.481 e. The van der Waals surface area contributed by atoms with Gasteiger partial charge < -0.3 is 36.8 Å². The summed E-state index contributed by atoms with van der Waals surface area (Å²) in [5.74, 6) is -2.02. The number of rotatable bonds is 10. The van der Waals surface area contributed by atoms with Crippen LogP contribution in [-0.2, 0) is 14.4 Å². The fourth-order valence-corrected chi connectivity index (χ4v) is 3.30. The molecule has 2 heterocycles. The molecule has 1 aliphatic rings. The molecular weight excluding hydrogens is 422 g/mol. The van der Waals surface area contributed by atoms with Gasteiger partial charge in [0, 0.05) is 30.9 Å². The van der Waals surface area contributed by atoms with Crippen LogP contribution in [0.1, 0.15) is 12.8 Å². The molecule has 2 atom stereocenters. The minimum Gasteiger partial charge on any atom is -0.481 e. The number of nitrogens with two attached hydrogens (primary N) is 1. The first-order valence-electron chi connectivity index (χ1n) is 9.71. The minimum absolute atomic E-state index is 0.0252. The van der Waals surface area contributed by atoms with Gasteiger partial charge in [0.2, 0.25) is 12.4 Å². The SMILES string of the molecule is Nc1nc2c(c(=O)[nH]1)N[C@H](CNc1ccc(N(C=O)[C@@H](CCC(=O)O)C(=O)O)cc1)CN2. The summed E-state index contributed by atoms with van der Waals surface area (Å²) in [7, 11) is 0. The van der Waals surface area contributed by atoms with E-state index in [0.29, 0.717) is 42.4 Å². The lowest BCUT2D eigenvalue weighted by atomic mass is 10.1. The van der Waals surface area contributed by atoms with E-state index in [2.05, 4.69) is 25.9 Å². The lowest BCUT2D eigenvalue weighted by molar-refractivity contribution is -0.140. The molecule has 1 amide bonds. The Morgan fingerprint density at radius 2 is 2.03 bits per heavy atom. The molecule has 32 heavy (non-hydrogen) atoms. The molecule has 0 saturated carbocycles. The first-order chi connectivity index (χ1) is 15.3. The molecule has 0 saturated heterocycles. The number of aliphatic carboxylic acids is 2. The maximum Gasteiger partial charge on any atom is 0.326 e. The van der Waals surface area contributed by atoms with Crippen molar-refractivity contribution >= 4 is 47.2 Å². The third-order valence-electron chi connectivity index (χ3n) is 4.89. The monoisotopic (exact) mass is 445 g/mol. The topological polar surface area (TPSA) is 203 Å². The van der Waals surface area contributed by atoms with Crippen molar-refractivity contribution in [2.45, 2.75) is 24.9 Å². The van der Waals surface area contributed by atoms with Gasteiger partial charge in [0.1, 0.15) is 11.7 Å². The van der Waals surface area contributed by atoms with E-state index >= 15 is 0 Å². The van der Waals surface area contributed by atoms with Gasteiger partial charge in [0.25, 0.3) is 5.56 Å². The van der Waals surface area contributed by atoms with E-state index in [4.69, 9.17) is 10.8 Å². The van der Waals surface area contributed by atoms with Crippen LogP contribution < -0.4 is 32.1 Å². The molecule has 0 unspecified atom stereocenters. The normalized spacial score (nSPS) is 15.4. The maximum absolute atomic E-state index is 12.0. The number of hydrogen-bond donors (Lipinski definition) is 7. The maximum atomic E-state index is 12.0. The smallest absolute Gasteiger partial charge is 0.326 e. The van der Waals surface area contributed by atoms with Crippen molar-refractivity contribution in [3.8, 4) is 0 Å². The zero-order valence-electron chi connectivity index (χ0n) is 16.9. The quantitative estimate of drug-likeness (QED) is 0.242. The second kappa shape index (κ2) is 9.68. The van der Waals surface area contributed by atoms with Gasteiger partial charge in [0.05, 0.1) is 6.04 Å². The van der Waals surface area contributed by atoms with Gasteiger partial charge in [-0.25, -0.2) is 4.79 Å². The van der Waals surface area contributed by atoms with Gasteiger partial charge in [-0.15, -0.1) is 0 Å². The lowest BCUT2D eigenvalue weighted by Crippen LogP contribution is -2.41. The predicted molar refractivity (Wildman–Crippen MR) is 117 cm³/mol. The molecule has 1 aliphatic heterocycles. The van der Waals surface area contributed by atoms with Crippen LogP contribution in [0.3, 0.4) is 0 Å². The summed E-state index contributed by atoms with van der Waals surface area (Å²) in [6.07, 6.45) is -0.223. The zero-order chi connectivity index (χ0) is 23.3. The Kier molecular flexibility index (Phi) is 6.77. The lowest BCUT2D eigenvalue weighted by Gasteiger charge is -2.27. The predicted octanol–water partition coefficient (Wildman–Crippen LogP) is -0.0490. The van der Waals surface area contributed by atoms with Gasteiger partial charge >= 0.3 is 11.9 Å². The van der Waals surface area contributed by atoms with Crippen LogP contribution in [0.5, 0.6) is 0 Å². The summed E-state index contributed by atoms with van der Waals surface area (Å²) >= 11 is 0. The van der Waals surface area contributed by atoms with Gasteiger partial charge in [0.15, 0.2) is 5.82 Å². The van der Waals surface area contributed by atoms with Crippen molar-refractivity contribution in [3.63, 3.8) is 0 Å². The number of nitrogen functional groups attached to an aromatic ring is 1.